The van der Waals surface area contributed by atoms with E-state index in [1.807, 2.05) is 18.4 Å². The van der Waals surface area contributed by atoms with E-state index in [1.165, 1.54) is 41.3 Å². The van der Waals surface area contributed by atoms with Gasteiger partial charge in [-0.05, 0) is 39.2 Å². The molecule has 0 radical (unpaired) electrons. The number of aromatic nitrogens is 1. The van der Waals surface area contributed by atoms with Crippen molar-refractivity contribution in [2.24, 2.45) is 0 Å². The van der Waals surface area contributed by atoms with Crippen LogP contribution in [0, 0.1) is 0 Å². The Hall–Kier alpha value is -0.410. The molecule has 0 amide bonds. The minimum Gasteiger partial charge on any atom is -0.312 e. The molecule has 1 N–H and O–H groups in total. The van der Waals surface area contributed by atoms with Crippen LogP contribution in [0.2, 0.25) is 0 Å². The average molecular weight is 210 g/mol. The van der Waals surface area contributed by atoms with Gasteiger partial charge in [-0.1, -0.05) is 6.92 Å². The second kappa shape index (κ2) is 4.41. The Bertz CT molecular complexity index is 306. The van der Waals surface area contributed by atoms with Crippen LogP contribution < -0.4 is 5.32 Å². The molecule has 0 spiro atoms. The Morgan fingerprint density at radius 2 is 2.43 bits per heavy atom. The highest BCUT2D eigenvalue weighted by atomic mass is 32.1. The number of aryl methyl sites for hydroxylation is 2. The first-order valence-corrected chi connectivity index (χ1v) is 6.32. The molecule has 0 aromatic carbocycles. The van der Waals surface area contributed by atoms with E-state index >= 15 is 0 Å². The molecule has 1 aliphatic rings. The van der Waals surface area contributed by atoms with Gasteiger partial charge in [-0.2, -0.15) is 0 Å². The number of fused-ring (bicyclic) bond motifs is 1. The maximum Gasteiger partial charge on any atom is 0.0931 e. The molecule has 2 rings (SSSR count). The van der Waals surface area contributed by atoms with Crippen LogP contribution in [0.15, 0.2) is 0 Å². The molecule has 0 saturated carbocycles. The van der Waals surface area contributed by atoms with Crippen molar-refractivity contribution in [3.63, 3.8) is 0 Å². The summed E-state index contributed by atoms with van der Waals surface area (Å²) in [7, 11) is 2.04. The van der Waals surface area contributed by atoms with Crippen molar-refractivity contribution in [3.05, 3.63) is 15.6 Å². The zero-order chi connectivity index (χ0) is 9.97. The van der Waals surface area contributed by atoms with Crippen LogP contribution >= 0.6 is 11.3 Å². The standard InChI is InChI=1S/C11H18N2S/c1-3-5-10-13-11-8(12-2)6-4-7-9(11)14-10/h8,12H,3-7H2,1-2H3. The predicted molar refractivity (Wildman–Crippen MR) is 60.8 cm³/mol. The Morgan fingerprint density at radius 3 is 3.14 bits per heavy atom. The summed E-state index contributed by atoms with van der Waals surface area (Å²) in [4.78, 5) is 6.28. The number of hydrogen-bond donors (Lipinski definition) is 1. The first-order valence-electron chi connectivity index (χ1n) is 5.51. The summed E-state index contributed by atoms with van der Waals surface area (Å²) >= 11 is 1.93. The van der Waals surface area contributed by atoms with Crippen LogP contribution in [0.3, 0.4) is 0 Å². The zero-order valence-corrected chi connectivity index (χ0v) is 9.78. The lowest BCUT2D eigenvalue weighted by molar-refractivity contribution is 0.489. The second-order valence-corrected chi connectivity index (χ2v) is 5.07. The van der Waals surface area contributed by atoms with Gasteiger partial charge in [0, 0.05) is 4.88 Å². The van der Waals surface area contributed by atoms with Crippen LogP contribution in [0.5, 0.6) is 0 Å². The summed E-state index contributed by atoms with van der Waals surface area (Å²) in [5.74, 6) is 0. The van der Waals surface area contributed by atoms with E-state index in [1.54, 1.807) is 0 Å². The largest absolute Gasteiger partial charge is 0.312 e. The lowest BCUT2D eigenvalue weighted by Crippen LogP contribution is -2.21. The van der Waals surface area contributed by atoms with E-state index in [4.69, 9.17) is 4.98 Å². The quantitative estimate of drug-likeness (QED) is 0.829. The lowest BCUT2D eigenvalue weighted by atomic mass is 9.98. The van der Waals surface area contributed by atoms with Crippen LogP contribution in [0.1, 0.15) is 47.8 Å². The Balaban J connectivity index is 2.24. The van der Waals surface area contributed by atoms with E-state index in [-0.39, 0.29) is 0 Å². The van der Waals surface area contributed by atoms with Gasteiger partial charge in [0.15, 0.2) is 0 Å². The third-order valence-electron chi connectivity index (χ3n) is 2.81. The van der Waals surface area contributed by atoms with Crippen molar-refractivity contribution in [2.75, 3.05) is 7.05 Å². The number of rotatable bonds is 3. The zero-order valence-electron chi connectivity index (χ0n) is 8.97. The highest BCUT2D eigenvalue weighted by molar-refractivity contribution is 7.11. The molecular formula is C11H18N2S. The monoisotopic (exact) mass is 210 g/mol. The summed E-state index contributed by atoms with van der Waals surface area (Å²) in [6.45, 7) is 2.22. The van der Waals surface area contributed by atoms with Crippen molar-refractivity contribution in [1.29, 1.82) is 0 Å². The molecule has 1 atom stereocenters. The number of hydrogen-bond acceptors (Lipinski definition) is 3. The van der Waals surface area contributed by atoms with Crippen molar-refractivity contribution in [3.8, 4) is 0 Å². The van der Waals surface area contributed by atoms with E-state index in [2.05, 4.69) is 12.2 Å². The third kappa shape index (κ3) is 1.84. The molecule has 1 aliphatic carbocycles. The minimum absolute atomic E-state index is 0.514. The maximum atomic E-state index is 4.75. The maximum absolute atomic E-state index is 4.75. The molecule has 0 saturated heterocycles. The summed E-state index contributed by atoms with van der Waals surface area (Å²) in [5.41, 5.74) is 1.34. The van der Waals surface area contributed by atoms with Crippen LogP contribution in [-0.2, 0) is 12.8 Å². The second-order valence-electron chi connectivity index (χ2n) is 3.90. The van der Waals surface area contributed by atoms with Crippen molar-refractivity contribution in [1.82, 2.24) is 10.3 Å². The lowest BCUT2D eigenvalue weighted by Gasteiger charge is -2.19. The Kier molecular flexibility index (Phi) is 3.19. The first kappa shape index (κ1) is 10.1. The Morgan fingerprint density at radius 1 is 1.57 bits per heavy atom. The first-order chi connectivity index (χ1) is 6.85. The van der Waals surface area contributed by atoms with Gasteiger partial charge in [0.25, 0.3) is 0 Å². The number of thiazole rings is 1. The summed E-state index contributed by atoms with van der Waals surface area (Å²) in [6, 6.07) is 0.514. The van der Waals surface area contributed by atoms with Gasteiger partial charge in [0.05, 0.1) is 16.7 Å². The predicted octanol–water partition coefficient (Wildman–Crippen LogP) is 2.69. The molecule has 1 unspecified atom stereocenters. The van der Waals surface area contributed by atoms with E-state index in [0.29, 0.717) is 6.04 Å². The highest BCUT2D eigenvalue weighted by Crippen LogP contribution is 2.33. The molecule has 3 heteroatoms. The number of nitrogens with zero attached hydrogens (tertiary/aromatic N) is 1. The minimum atomic E-state index is 0.514. The molecule has 14 heavy (non-hydrogen) atoms. The molecule has 78 valence electrons. The molecule has 2 nitrogen and oxygen atoms in total. The van der Waals surface area contributed by atoms with E-state index in [0.717, 1.165) is 6.42 Å². The van der Waals surface area contributed by atoms with E-state index in [9.17, 15) is 0 Å². The van der Waals surface area contributed by atoms with Crippen LogP contribution in [-0.4, -0.2) is 12.0 Å². The van der Waals surface area contributed by atoms with Crippen molar-refractivity contribution >= 4 is 11.3 Å². The van der Waals surface area contributed by atoms with Gasteiger partial charge in [0.1, 0.15) is 0 Å². The molecule has 1 aromatic rings. The fourth-order valence-corrected chi connectivity index (χ4v) is 3.34. The van der Waals surface area contributed by atoms with Crippen molar-refractivity contribution in [2.45, 2.75) is 45.1 Å². The average Bonchev–Trinajstić information content (AvgIpc) is 2.60. The summed E-state index contributed by atoms with van der Waals surface area (Å²) in [5, 5.41) is 4.69. The summed E-state index contributed by atoms with van der Waals surface area (Å²) < 4.78 is 0. The normalized spacial score (nSPS) is 20.9. The summed E-state index contributed by atoms with van der Waals surface area (Å²) in [6.07, 6.45) is 6.16. The van der Waals surface area contributed by atoms with Crippen LogP contribution in [0.4, 0.5) is 0 Å². The number of nitrogens with one attached hydrogen (secondary N) is 1. The molecule has 0 aliphatic heterocycles. The van der Waals surface area contributed by atoms with Gasteiger partial charge >= 0.3 is 0 Å². The highest BCUT2D eigenvalue weighted by Gasteiger charge is 2.22. The Labute approximate surface area is 89.8 Å². The van der Waals surface area contributed by atoms with Gasteiger partial charge < -0.3 is 5.32 Å². The van der Waals surface area contributed by atoms with Gasteiger partial charge in [0.2, 0.25) is 0 Å². The van der Waals surface area contributed by atoms with E-state index < -0.39 is 0 Å². The van der Waals surface area contributed by atoms with Crippen molar-refractivity contribution < 1.29 is 0 Å². The van der Waals surface area contributed by atoms with Gasteiger partial charge in [-0.25, -0.2) is 4.98 Å². The fourth-order valence-electron chi connectivity index (χ4n) is 2.07. The fraction of sp³-hybridized carbons (Fsp3) is 0.727. The van der Waals surface area contributed by atoms with Crippen LogP contribution in [0.25, 0.3) is 0 Å². The SMILES string of the molecule is CCCc1nc2c(s1)CCCC2NC. The van der Waals surface area contributed by atoms with Gasteiger partial charge in [-0.3, -0.25) is 0 Å². The molecular weight excluding hydrogens is 192 g/mol. The molecule has 1 aromatic heterocycles. The van der Waals surface area contributed by atoms with Gasteiger partial charge in [-0.15, -0.1) is 11.3 Å². The molecule has 0 fully saturated rings. The molecule has 1 heterocycles. The third-order valence-corrected chi connectivity index (χ3v) is 4.00. The molecule has 0 bridgehead atoms. The smallest absolute Gasteiger partial charge is 0.0931 e. The topological polar surface area (TPSA) is 24.9 Å².